The van der Waals surface area contributed by atoms with Gasteiger partial charge in [-0.1, -0.05) is 60.5 Å². The molecular formula is C27H26Cl2N2O. The molecule has 2 aliphatic rings. The van der Waals surface area contributed by atoms with Gasteiger partial charge in [-0.25, -0.2) is 0 Å². The van der Waals surface area contributed by atoms with Crippen molar-refractivity contribution in [2.24, 2.45) is 11.8 Å². The Morgan fingerprint density at radius 2 is 1.75 bits per heavy atom. The minimum absolute atomic E-state index is 0.0684. The van der Waals surface area contributed by atoms with Gasteiger partial charge in [0.05, 0.1) is 17.2 Å². The van der Waals surface area contributed by atoms with E-state index in [1.165, 1.54) is 0 Å². The van der Waals surface area contributed by atoms with Crippen LogP contribution >= 0.6 is 23.2 Å². The van der Waals surface area contributed by atoms with Gasteiger partial charge < -0.3 is 5.32 Å². The maximum Gasteiger partial charge on any atom is 0.223 e. The lowest BCUT2D eigenvalue weighted by atomic mass is 9.60. The number of pyridine rings is 1. The summed E-state index contributed by atoms with van der Waals surface area (Å²) in [6.07, 6.45) is 4.82. The van der Waals surface area contributed by atoms with Gasteiger partial charge in [0.15, 0.2) is 0 Å². The molecule has 1 aromatic heterocycles. The fraction of sp³-hybridized carbons (Fsp3) is 0.333. The van der Waals surface area contributed by atoms with Gasteiger partial charge in [0.2, 0.25) is 5.91 Å². The van der Waals surface area contributed by atoms with Gasteiger partial charge in [-0.2, -0.15) is 0 Å². The second-order valence-electron chi connectivity index (χ2n) is 9.15. The van der Waals surface area contributed by atoms with Crippen molar-refractivity contribution < 1.29 is 4.79 Å². The van der Waals surface area contributed by atoms with Crippen molar-refractivity contribution in [1.29, 1.82) is 0 Å². The number of benzene rings is 2. The lowest BCUT2D eigenvalue weighted by Gasteiger charge is -2.48. The van der Waals surface area contributed by atoms with Crippen LogP contribution in [0.5, 0.6) is 0 Å². The second kappa shape index (κ2) is 8.53. The molecule has 0 radical (unpaired) electrons. The third-order valence-electron chi connectivity index (χ3n) is 7.15. The Bertz CT molecular complexity index is 1110. The molecule has 2 unspecified atom stereocenters. The highest BCUT2D eigenvalue weighted by Gasteiger charge is 2.57. The molecule has 5 rings (SSSR count). The van der Waals surface area contributed by atoms with Crippen LogP contribution in [0.15, 0.2) is 72.9 Å². The van der Waals surface area contributed by atoms with E-state index in [4.69, 9.17) is 28.2 Å². The molecule has 1 aliphatic carbocycles. The van der Waals surface area contributed by atoms with Gasteiger partial charge in [0.25, 0.3) is 0 Å². The number of aromatic nitrogens is 1. The van der Waals surface area contributed by atoms with Crippen molar-refractivity contribution in [1.82, 2.24) is 10.3 Å². The first-order valence-electron chi connectivity index (χ1n) is 11.2. The third kappa shape index (κ3) is 3.72. The molecule has 2 aromatic carbocycles. The van der Waals surface area contributed by atoms with E-state index in [2.05, 4.69) is 29.6 Å². The summed E-state index contributed by atoms with van der Waals surface area (Å²) in [4.78, 5) is 17.9. The summed E-state index contributed by atoms with van der Waals surface area (Å²) in [5.41, 5.74) is 2.85. The van der Waals surface area contributed by atoms with E-state index < -0.39 is 5.41 Å². The molecule has 1 saturated carbocycles. The second-order valence-corrected chi connectivity index (χ2v) is 10.0. The van der Waals surface area contributed by atoms with Crippen LogP contribution in [0.2, 0.25) is 10.0 Å². The smallest absolute Gasteiger partial charge is 0.223 e. The van der Waals surface area contributed by atoms with Crippen LogP contribution in [-0.4, -0.2) is 16.9 Å². The van der Waals surface area contributed by atoms with E-state index >= 15 is 0 Å². The zero-order valence-electron chi connectivity index (χ0n) is 18.0. The standard InChI is InChI=1S/C27H26Cl2N2O/c1-17-15-23(18-5-4-6-22(29)16-18)25(31-26(17)32)27(19-8-9-19,24-7-2-3-14-30-24)20-10-12-21(28)13-11-20/h2-7,10-14,16-17,19,23,25H,8-9,15H2,1H3,(H,31,32)/t17?,23-,25+,27?/m1/s1. The lowest BCUT2D eigenvalue weighted by Crippen LogP contribution is -2.60. The molecule has 0 spiro atoms. The topological polar surface area (TPSA) is 42.0 Å². The molecule has 32 heavy (non-hydrogen) atoms. The quantitative estimate of drug-likeness (QED) is 0.474. The fourth-order valence-corrected chi connectivity index (χ4v) is 5.90. The van der Waals surface area contributed by atoms with Gasteiger partial charge in [0.1, 0.15) is 0 Å². The summed E-state index contributed by atoms with van der Waals surface area (Å²) in [5, 5.41) is 4.87. The van der Waals surface area contributed by atoms with Crippen LogP contribution in [0.3, 0.4) is 0 Å². The van der Waals surface area contributed by atoms with Gasteiger partial charge in [-0.3, -0.25) is 9.78 Å². The number of hydrogen-bond donors (Lipinski definition) is 1. The van der Waals surface area contributed by atoms with Crippen molar-refractivity contribution in [3.8, 4) is 0 Å². The first-order valence-corrected chi connectivity index (χ1v) is 12.0. The monoisotopic (exact) mass is 464 g/mol. The van der Waals surface area contributed by atoms with Crippen LogP contribution in [0.1, 0.15) is 48.9 Å². The van der Waals surface area contributed by atoms with Crippen LogP contribution in [0.25, 0.3) is 0 Å². The van der Waals surface area contributed by atoms with Crippen LogP contribution < -0.4 is 5.32 Å². The molecule has 0 bridgehead atoms. The highest BCUT2D eigenvalue weighted by Crippen LogP contribution is 2.57. The highest BCUT2D eigenvalue weighted by molar-refractivity contribution is 6.30. The predicted molar refractivity (Wildman–Crippen MR) is 129 cm³/mol. The molecule has 164 valence electrons. The van der Waals surface area contributed by atoms with E-state index in [0.29, 0.717) is 16.0 Å². The van der Waals surface area contributed by atoms with E-state index in [-0.39, 0.29) is 23.8 Å². The summed E-state index contributed by atoms with van der Waals surface area (Å²) in [6.45, 7) is 2.00. The fourth-order valence-electron chi connectivity index (χ4n) is 5.57. The van der Waals surface area contributed by atoms with Crippen LogP contribution in [0, 0.1) is 11.8 Å². The molecular weight excluding hydrogens is 439 g/mol. The Labute approximate surface area is 199 Å². The minimum Gasteiger partial charge on any atom is -0.351 e. The number of rotatable bonds is 5. The van der Waals surface area contributed by atoms with E-state index in [0.717, 1.165) is 36.1 Å². The Hall–Kier alpha value is -2.36. The molecule has 3 aromatic rings. The summed E-state index contributed by atoms with van der Waals surface area (Å²) < 4.78 is 0. The lowest BCUT2D eigenvalue weighted by molar-refractivity contribution is -0.128. The number of amides is 1. The highest BCUT2D eigenvalue weighted by atomic mass is 35.5. The van der Waals surface area contributed by atoms with Crippen molar-refractivity contribution in [2.45, 2.75) is 43.6 Å². The van der Waals surface area contributed by atoms with Gasteiger partial charge in [-0.05, 0) is 72.7 Å². The zero-order chi connectivity index (χ0) is 22.3. The molecule has 1 aliphatic heterocycles. The molecule has 5 heteroatoms. The SMILES string of the molecule is CC1C[C@H](c2cccc(Cl)c2)[C@@H](C(c2ccc(Cl)cc2)(c2ccccn2)C2CC2)NC1=O. The normalized spacial score (nSPS) is 25.1. The van der Waals surface area contributed by atoms with E-state index in [1.54, 1.807) is 0 Å². The molecule has 1 amide bonds. The number of carbonyl (C=O) groups is 1. The zero-order valence-corrected chi connectivity index (χ0v) is 19.5. The maximum atomic E-state index is 13.1. The van der Waals surface area contributed by atoms with Crippen molar-refractivity contribution in [2.75, 3.05) is 0 Å². The molecule has 1 N–H and O–H groups in total. The maximum absolute atomic E-state index is 13.1. The number of piperidine rings is 1. The predicted octanol–water partition coefficient (Wildman–Crippen LogP) is 6.39. The average Bonchev–Trinajstić information content (AvgIpc) is 3.64. The Kier molecular flexibility index (Phi) is 5.73. The van der Waals surface area contributed by atoms with E-state index in [1.807, 2.05) is 55.6 Å². The largest absolute Gasteiger partial charge is 0.351 e. The molecule has 4 atom stereocenters. The summed E-state index contributed by atoms with van der Waals surface area (Å²) in [7, 11) is 0. The third-order valence-corrected chi connectivity index (χ3v) is 7.64. The number of halogens is 2. The molecule has 2 heterocycles. The van der Waals surface area contributed by atoms with Crippen molar-refractivity contribution in [3.63, 3.8) is 0 Å². The van der Waals surface area contributed by atoms with Crippen molar-refractivity contribution >= 4 is 29.1 Å². The first-order chi connectivity index (χ1) is 15.5. The number of hydrogen-bond acceptors (Lipinski definition) is 2. The molecule has 1 saturated heterocycles. The minimum atomic E-state index is -0.450. The average molecular weight is 465 g/mol. The summed E-state index contributed by atoms with van der Waals surface area (Å²) >= 11 is 12.7. The number of nitrogens with zero attached hydrogens (tertiary/aromatic N) is 1. The van der Waals surface area contributed by atoms with Crippen LogP contribution in [0.4, 0.5) is 0 Å². The van der Waals surface area contributed by atoms with Gasteiger partial charge >= 0.3 is 0 Å². The number of nitrogens with one attached hydrogen (secondary N) is 1. The van der Waals surface area contributed by atoms with Crippen molar-refractivity contribution in [3.05, 3.63) is 99.8 Å². The molecule has 2 fully saturated rings. The van der Waals surface area contributed by atoms with E-state index in [9.17, 15) is 4.79 Å². The summed E-state index contributed by atoms with van der Waals surface area (Å²) in [5.74, 6) is 0.530. The van der Waals surface area contributed by atoms with Gasteiger partial charge in [-0.15, -0.1) is 0 Å². The Balaban J connectivity index is 1.75. The first kappa shape index (κ1) is 21.5. The summed E-state index contributed by atoms with van der Waals surface area (Å²) in [6, 6.07) is 22.1. The Morgan fingerprint density at radius 1 is 0.969 bits per heavy atom. The number of carbonyl (C=O) groups excluding carboxylic acids is 1. The Morgan fingerprint density at radius 3 is 2.41 bits per heavy atom. The van der Waals surface area contributed by atoms with Gasteiger partial charge in [0, 0.05) is 28.1 Å². The molecule has 3 nitrogen and oxygen atoms in total. The van der Waals surface area contributed by atoms with Crippen LogP contribution in [-0.2, 0) is 10.2 Å².